The number of carbonyl (C=O) groups is 1. The van der Waals surface area contributed by atoms with Crippen LogP contribution in [0.3, 0.4) is 0 Å². The maximum absolute atomic E-state index is 11.8. The summed E-state index contributed by atoms with van der Waals surface area (Å²) >= 11 is 1.57. The van der Waals surface area contributed by atoms with E-state index in [1.54, 1.807) is 18.4 Å². The molecule has 21 heteroatoms. The van der Waals surface area contributed by atoms with Gasteiger partial charge >= 0.3 is 5.97 Å². The van der Waals surface area contributed by atoms with Crippen molar-refractivity contribution in [2.75, 3.05) is 129 Å². The van der Waals surface area contributed by atoms with Crippen LogP contribution >= 0.6 is 11.3 Å². The molecule has 1 atom stereocenters. The Morgan fingerprint density at radius 1 is 0.712 bits per heavy atom. The second-order valence-corrected chi connectivity index (χ2v) is 22.1. The smallest absolute Gasteiger partial charge is 0.309 e. The molecule has 2 aliphatic rings. The number of fused-ring (bicyclic) bond motifs is 4. The summed E-state index contributed by atoms with van der Waals surface area (Å²) in [6, 6.07) is 13.7. The van der Waals surface area contributed by atoms with Gasteiger partial charge in [-0.2, -0.15) is 21.4 Å². The molecule has 0 radical (unpaired) electrons. The summed E-state index contributed by atoms with van der Waals surface area (Å²) in [7, 11) is -6.77. The number of hydrogen-bond acceptors (Lipinski definition) is 15. The van der Waals surface area contributed by atoms with Crippen molar-refractivity contribution in [3.63, 3.8) is 0 Å². The van der Waals surface area contributed by atoms with E-state index < -0.39 is 48.5 Å². The minimum Gasteiger partial charge on any atom is -0.491 e. The monoisotopic (exact) mass is 1080 g/mol. The van der Waals surface area contributed by atoms with Crippen molar-refractivity contribution in [1.82, 2.24) is 0 Å². The lowest BCUT2D eigenvalue weighted by Crippen LogP contribution is -2.30. The Balaban J connectivity index is 1.13. The lowest BCUT2D eigenvalue weighted by Gasteiger charge is -2.31. The zero-order valence-electron chi connectivity index (χ0n) is 42.4. The van der Waals surface area contributed by atoms with Gasteiger partial charge in [-0.3, -0.25) is 13.9 Å². The summed E-state index contributed by atoms with van der Waals surface area (Å²) in [6.07, 6.45) is 14.0. The third-order valence-corrected chi connectivity index (χ3v) is 15.0. The molecule has 1 unspecified atom stereocenters. The largest absolute Gasteiger partial charge is 0.491 e. The van der Waals surface area contributed by atoms with Crippen LogP contribution in [0.15, 0.2) is 90.7 Å². The highest BCUT2D eigenvalue weighted by Gasteiger charge is 2.46. The van der Waals surface area contributed by atoms with E-state index in [1.807, 2.05) is 96.5 Å². The van der Waals surface area contributed by atoms with Crippen molar-refractivity contribution in [3.05, 3.63) is 102 Å². The minimum atomic E-state index is -4.20. The first-order valence-corrected chi connectivity index (χ1v) is 28.5. The van der Waals surface area contributed by atoms with Gasteiger partial charge in [-0.15, -0.1) is 11.3 Å². The number of anilines is 1. The van der Waals surface area contributed by atoms with Gasteiger partial charge in [-0.05, 0) is 69.7 Å². The number of carboxylic acid groups (broad SMARTS) is 1. The molecule has 73 heavy (non-hydrogen) atoms. The Bertz CT molecular complexity index is 2620. The molecule has 0 spiro atoms. The Morgan fingerprint density at radius 2 is 1.26 bits per heavy atom. The second-order valence-electron chi connectivity index (χ2n) is 18.0. The van der Waals surface area contributed by atoms with Crippen LogP contribution < -0.4 is 9.64 Å². The topological polar surface area (TPSA) is 226 Å². The summed E-state index contributed by atoms with van der Waals surface area (Å²) in [6.45, 7) is 13.3. The molecule has 2 aromatic carbocycles. The zero-order valence-corrected chi connectivity index (χ0v) is 44.9. The first-order chi connectivity index (χ1) is 35.0. The predicted molar refractivity (Wildman–Crippen MR) is 283 cm³/mol. The average molecular weight is 1080 g/mol. The van der Waals surface area contributed by atoms with Crippen LogP contribution in [0.25, 0.3) is 10.1 Å². The molecule has 0 fully saturated rings. The Morgan fingerprint density at radius 3 is 1.85 bits per heavy atom. The zero-order chi connectivity index (χ0) is 52.7. The fourth-order valence-corrected chi connectivity index (χ4v) is 11.2. The molecule has 0 bridgehead atoms. The number of rotatable bonds is 37. The van der Waals surface area contributed by atoms with E-state index in [0.29, 0.717) is 111 Å². The summed E-state index contributed by atoms with van der Waals surface area (Å²) in [5, 5.41) is 11.6. The Hall–Kier alpha value is -4.36. The summed E-state index contributed by atoms with van der Waals surface area (Å²) in [4.78, 5) is 13.8. The highest BCUT2D eigenvalue weighted by Crippen LogP contribution is 2.57. The fraction of sp³-hybridized carbons (Fsp3) is 0.538. The first-order valence-electron chi connectivity index (χ1n) is 24.5. The van der Waals surface area contributed by atoms with E-state index in [0.717, 1.165) is 43.3 Å². The fourth-order valence-electron chi connectivity index (χ4n) is 8.79. The van der Waals surface area contributed by atoms with Gasteiger partial charge in [0.05, 0.1) is 103 Å². The van der Waals surface area contributed by atoms with E-state index in [4.69, 9.17) is 37.9 Å². The lowest BCUT2D eigenvalue weighted by atomic mass is 9.77. The Labute approximate surface area is 434 Å². The third-order valence-electron chi connectivity index (χ3n) is 12.2. The van der Waals surface area contributed by atoms with Crippen molar-refractivity contribution < 1.29 is 78.3 Å². The molecule has 0 saturated heterocycles. The van der Waals surface area contributed by atoms with Crippen LogP contribution in [0.5, 0.6) is 5.75 Å². The van der Waals surface area contributed by atoms with Crippen molar-refractivity contribution >= 4 is 64.0 Å². The van der Waals surface area contributed by atoms with Crippen LogP contribution in [0, 0.1) is 0 Å². The maximum atomic E-state index is 11.8. The van der Waals surface area contributed by atoms with Crippen LogP contribution in [0.1, 0.15) is 57.6 Å². The van der Waals surface area contributed by atoms with Gasteiger partial charge in [0.1, 0.15) is 23.8 Å². The molecule has 0 aliphatic carbocycles. The molecule has 0 saturated carbocycles. The van der Waals surface area contributed by atoms with Gasteiger partial charge in [-0.1, -0.05) is 48.6 Å². The lowest BCUT2D eigenvalue weighted by molar-refractivity contribution is -0.436. The summed E-state index contributed by atoms with van der Waals surface area (Å²) < 4.78 is 113. The van der Waals surface area contributed by atoms with Gasteiger partial charge in [0, 0.05) is 52.7 Å². The van der Waals surface area contributed by atoms with Gasteiger partial charge in [0.2, 0.25) is 5.69 Å². The molecule has 0 amide bonds. The molecule has 404 valence electrons. The summed E-state index contributed by atoms with van der Waals surface area (Å²) in [5.74, 6) is -1.05. The number of thiophene rings is 1. The molecular formula is C52H73N2O16S3+. The molecule has 3 N–H and O–H groups in total. The molecule has 1 aromatic heterocycles. The molecular weight excluding hydrogens is 1000 g/mol. The van der Waals surface area contributed by atoms with E-state index in [9.17, 15) is 35.8 Å². The number of benzene rings is 2. The van der Waals surface area contributed by atoms with Crippen molar-refractivity contribution in [2.45, 2.75) is 57.3 Å². The SMILES string of the molecule is COCCOCCOCCOCCOCCOCCOCCOc1ccc2c(c1)C(C)(C)C(/C=C/C=C/C=C/C=C1\N(CCCS(=O)(=O)O)c3sc4ccccc4c3C1(C)CCCS(=O)(=O)O)=[N+]2CCC(=O)O. The predicted octanol–water partition coefficient (Wildman–Crippen LogP) is 7.15. The van der Waals surface area contributed by atoms with Gasteiger partial charge in [0.25, 0.3) is 20.2 Å². The number of ether oxygens (including phenoxy) is 8. The van der Waals surface area contributed by atoms with E-state index in [-0.39, 0.29) is 25.8 Å². The standard InChI is InChI=1S/C52H72N2O16S3/c1-51(2)43-40-41(70-37-36-69-35-34-68-33-32-67-31-30-66-29-28-65-27-26-64-25-24-63-4)18-19-44(43)53(23-20-48(55)56)46(51)16-8-6-5-7-9-17-47-52(3,21-12-38-72(57,58)59)49-42-14-10-11-15-45(42)71-50(49)54(47)22-13-39-73(60,61)62/h5-11,14-19,40H,12-13,20-39H2,1-4H3,(H2-,55,56,57,58,59,60,61,62)/p+1. The van der Waals surface area contributed by atoms with Crippen molar-refractivity contribution in [3.8, 4) is 5.75 Å². The van der Waals surface area contributed by atoms with Crippen molar-refractivity contribution in [2.24, 2.45) is 0 Å². The highest BCUT2D eigenvalue weighted by atomic mass is 32.2. The molecule has 2 aliphatic heterocycles. The van der Waals surface area contributed by atoms with E-state index in [1.165, 1.54) is 0 Å². The third kappa shape index (κ3) is 18.8. The maximum Gasteiger partial charge on any atom is 0.309 e. The number of allylic oxidation sites excluding steroid dienone is 8. The van der Waals surface area contributed by atoms with Crippen molar-refractivity contribution in [1.29, 1.82) is 0 Å². The van der Waals surface area contributed by atoms with E-state index in [2.05, 4.69) is 18.7 Å². The first kappa shape index (κ1) is 59.5. The van der Waals surface area contributed by atoms with Crippen LogP contribution in [-0.4, -0.2) is 172 Å². The average Bonchev–Trinajstić information content (AvgIpc) is 3.90. The Kier molecular flexibility index (Phi) is 24.2. The molecule has 3 aromatic rings. The van der Waals surface area contributed by atoms with Crippen LogP contribution in [0.2, 0.25) is 0 Å². The highest BCUT2D eigenvalue weighted by molar-refractivity contribution is 7.86. The number of hydrogen-bond donors (Lipinski definition) is 3. The second kappa shape index (κ2) is 29.7. The summed E-state index contributed by atoms with van der Waals surface area (Å²) in [5.41, 5.74) is 3.48. The minimum absolute atomic E-state index is 0.0599. The quantitative estimate of drug-likeness (QED) is 0.0225. The van der Waals surface area contributed by atoms with Gasteiger partial charge in [-0.25, -0.2) is 0 Å². The molecule has 18 nitrogen and oxygen atoms in total. The van der Waals surface area contributed by atoms with E-state index >= 15 is 0 Å². The molecule has 5 rings (SSSR count). The normalized spacial score (nSPS) is 17.4. The number of aliphatic carboxylic acids is 1. The number of methoxy groups -OCH3 is 1. The number of nitrogens with zero attached hydrogens (tertiary/aromatic N) is 2. The van der Waals surface area contributed by atoms with Crippen LogP contribution in [0.4, 0.5) is 10.7 Å². The van der Waals surface area contributed by atoms with Gasteiger partial charge < -0.3 is 47.9 Å². The van der Waals surface area contributed by atoms with Crippen LogP contribution in [-0.2, 0) is 69.0 Å². The molecule has 3 heterocycles. The van der Waals surface area contributed by atoms with Gasteiger partial charge in [0.15, 0.2) is 12.3 Å². The number of carboxylic acids is 1.